The fourth-order valence-electron chi connectivity index (χ4n) is 0.660. The monoisotopic (exact) mass is 185 g/mol. The summed E-state index contributed by atoms with van der Waals surface area (Å²) >= 11 is 0. The van der Waals surface area contributed by atoms with Gasteiger partial charge in [0.15, 0.2) is 0 Å². The molecule has 0 saturated heterocycles. The Morgan fingerprint density at radius 3 is 2.25 bits per heavy atom. The third kappa shape index (κ3) is 3.56. The predicted molar refractivity (Wildman–Crippen MR) is 35.7 cm³/mol. The third-order valence-electron chi connectivity index (χ3n) is 1.43. The molecule has 0 aromatic carbocycles. The Morgan fingerprint density at radius 1 is 1.50 bits per heavy atom. The molecule has 0 aliphatic heterocycles. The minimum atomic E-state index is -2.86. The Kier molecular flexibility index (Phi) is 4.65. The summed E-state index contributed by atoms with van der Waals surface area (Å²) in [7, 11) is 0. The molecule has 72 valence electrons. The van der Waals surface area contributed by atoms with Gasteiger partial charge in [0.2, 0.25) is 6.43 Å². The number of nitrogens with two attached hydrogens (primary N) is 1. The van der Waals surface area contributed by atoms with Crippen LogP contribution in [-0.2, 0) is 4.79 Å². The molecule has 0 radical (unpaired) electrons. The Morgan fingerprint density at radius 2 is 2.00 bits per heavy atom. The van der Waals surface area contributed by atoms with Crippen molar-refractivity contribution >= 4 is 5.97 Å². The Bertz CT molecular complexity index is 154. The average molecular weight is 185 g/mol. The molecule has 0 saturated carbocycles. The van der Waals surface area contributed by atoms with Gasteiger partial charge in [0.1, 0.15) is 6.04 Å². The zero-order valence-electron chi connectivity index (χ0n) is 6.21. The number of carboxylic acid groups (broad SMARTS) is 1. The molecule has 2 atom stereocenters. The zero-order valence-corrected chi connectivity index (χ0v) is 6.21. The highest BCUT2D eigenvalue weighted by atomic mass is 19.3. The maximum absolute atomic E-state index is 11.8. The quantitative estimate of drug-likeness (QED) is 0.660. The zero-order chi connectivity index (χ0) is 9.72. The molecule has 0 spiro atoms. The van der Waals surface area contributed by atoms with Crippen LogP contribution in [0.25, 0.3) is 0 Å². The molecule has 0 aromatic heterocycles. The van der Waals surface area contributed by atoms with E-state index in [1.165, 1.54) is 0 Å². The highest BCUT2D eigenvalue weighted by molar-refractivity contribution is 5.73. The summed E-state index contributed by atoms with van der Waals surface area (Å²) in [6, 6.07) is -1.42. The fraction of sp³-hybridized carbons (Fsp3) is 0.833. The first kappa shape index (κ1) is 11.2. The van der Waals surface area contributed by atoms with Gasteiger partial charge in [0.25, 0.3) is 0 Å². The van der Waals surface area contributed by atoms with Gasteiger partial charge in [-0.05, 0) is 6.42 Å². The summed E-state index contributed by atoms with van der Waals surface area (Å²) < 4.78 is 35.5. The van der Waals surface area contributed by atoms with Crippen molar-refractivity contribution in [3.8, 4) is 0 Å². The molecule has 0 bridgehead atoms. The molecular weight excluding hydrogens is 175 g/mol. The van der Waals surface area contributed by atoms with E-state index in [0.717, 1.165) is 0 Å². The van der Waals surface area contributed by atoms with E-state index >= 15 is 0 Å². The highest BCUT2D eigenvalue weighted by Gasteiger charge is 2.25. The van der Waals surface area contributed by atoms with Gasteiger partial charge >= 0.3 is 5.97 Å². The Balaban J connectivity index is 3.93. The number of aliphatic carboxylic acids is 1. The molecule has 0 aromatic rings. The van der Waals surface area contributed by atoms with Gasteiger partial charge in [-0.3, -0.25) is 9.18 Å². The number of carboxylic acids is 1. The normalized spacial score (nSPS) is 16.1. The van der Waals surface area contributed by atoms with Crippen molar-refractivity contribution in [1.29, 1.82) is 0 Å². The number of halogens is 3. The second kappa shape index (κ2) is 4.97. The van der Waals surface area contributed by atoms with Crippen molar-refractivity contribution < 1.29 is 23.1 Å². The van der Waals surface area contributed by atoms with Crippen molar-refractivity contribution in [3.63, 3.8) is 0 Å². The van der Waals surface area contributed by atoms with Crippen molar-refractivity contribution in [2.24, 2.45) is 11.7 Å². The SMILES string of the molecule is N[C@@H](CC(CF)C(F)F)C(=O)O. The molecule has 3 nitrogen and oxygen atoms in total. The minimum Gasteiger partial charge on any atom is -0.480 e. The van der Waals surface area contributed by atoms with Gasteiger partial charge in [0, 0.05) is 0 Å². The molecule has 0 fully saturated rings. The van der Waals surface area contributed by atoms with Crippen LogP contribution >= 0.6 is 0 Å². The highest BCUT2D eigenvalue weighted by Crippen LogP contribution is 2.16. The standard InChI is InChI=1S/C6H10F3NO2/c7-2-3(5(8)9)1-4(10)6(11)12/h3-5H,1-2,10H2,(H,11,12)/t3?,4-/m0/s1. The van der Waals surface area contributed by atoms with Crippen LogP contribution in [-0.4, -0.2) is 30.2 Å². The second-order valence-corrected chi connectivity index (χ2v) is 2.43. The molecule has 0 rings (SSSR count). The first-order valence-corrected chi connectivity index (χ1v) is 3.31. The first-order chi connectivity index (χ1) is 5.49. The lowest BCUT2D eigenvalue weighted by atomic mass is 10.0. The Labute approximate surface area is 67.4 Å². The fourth-order valence-corrected chi connectivity index (χ4v) is 0.660. The van der Waals surface area contributed by atoms with Crippen LogP contribution in [0.4, 0.5) is 13.2 Å². The van der Waals surface area contributed by atoms with Gasteiger partial charge in [-0.15, -0.1) is 0 Å². The van der Waals surface area contributed by atoms with E-state index in [2.05, 4.69) is 0 Å². The smallest absolute Gasteiger partial charge is 0.320 e. The molecule has 0 aliphatic carbocycles. The molecule has 0 amide bonds. The van der Waals surface area contributed by atoms with E-state index < -0.39 is 37.4 Å². The summed E-state index contributed by atoms with van der Waals surface area (Å²) in [6.07, 6.45) is -3.40. The molecule has 12 heavy (non-hydrogen) atoms. The Hall–Kier alpha value is -0.780. The molecule has 0 aliphatic rings. The largest absolute Gasteiger partial charge is 0.480 e. The second-order valence-electron chi connectivity index (χ2n) is 2.43. The van der Waals surface area contributed by atoms with E-state index in [9.17, 15) is 18.0 Å². The van der Waals surface area contributed by atoms with E-state index in [-0.39, 0.29) is 0 Å². The van der Waals surface area contributed by atoms with E-state index in [1.54, 1.807) is 0 Å². The summed E-state index contributed by atoms with van der Waals surface area (Å²) in [4.78, 5) is 10.1. The molecule has 6 heteroatoms. The van der Waals surface area contributed by atoms with Crippen LogP contribution in [0.5, 0.6) is 0 Å². The van der Waals surface area contributed by atoms with Gasteiger partial charge < -0.3 is 10.8 Å². The maximum atomic E-state index is 11.8. The van der Waals surface area contributed by atoms with E-state index in [1.807, 2.05) is 0 Å². The molecule has 1 unspecified atom stereocenters. The number of carbonyl (C=O) groups is 1. The van der Waals surface area contributed by atoms with Crippen molar-refractivity contribution in [2.45, 2.75) is 18.9 Å². The summed E-state index contributed by atoms with van der Waals surface area (Å²) in [6.45, 7) is -1.25. The molecule has 0 heterocycles. The van der Waals surface area contributed by atoms with Crippen molar-refractivity contribution in [3.05, 3.63) is 0 Å². The van der Waals surface area contributed by atoms with Crippen LogP contribution in [0.2, 0.25) is 0 Å². The van der Waals surface area contributed by atoms with E-state index in [4.69, 9.17) is 10.8 Å². The molecular formula is C6H10F3NO2. The van der Waals surface area contributed by atoms with Gasteiger partial charge in [-0.25, -0.2) is 8.78 Å². The van der Waals surface area contributed by atoms with Crippen LogP contribution in [0.1, 0.15) is 6.42 Å². The lowest BCUT2D eigenvalue weighted by Crippen LogP contribution is -2.34. The summed E-state index contributed by atoms with van der Waals surface area (Å²) in [5.41, 5.74) is 4.93. The minimum absolute atomic E-state index is 0.538. The predicted octanol–water partition coefficient (Wildman–Crippen LogP) is 0.639. The van der Waals surface area contributed by atoms with Crippen molar-refractivity contribution in [2.75, 3.05) is 6.67 Å². The van der Waals surface area contributed by atoms with Crippen LogP contribution in [0.3, 0.4) is 0 Å². The van der Waals surface area contributed by atoms with Crippen LogP contribution in [0, 0.1) is 5.92 Å². The maximum Gasteiger partial charge on any atom is 0.320 e. The summed E-state index contributed by atoms with van der Waals surface area (Å²) in [5, 5.41) is 8.22. The first-order valence-electron chi connectivity index (χ1n) is 3.31. The average Bonchev–Trinajstić information content (AvgIpc) is 1.98. The van der Waals surface area contributed by atoms with Gasteiger partial charge in [-0.1, -0.05) is 0 Å². The van der Waals surface area contributed by atoms with Crippen LogP contribution in [0.15, 0.2) is 0 Å². The topological polar surface area (TPSA) is 63.3 Å². The lowest BCUT2D eigenvalue weighted by molar-refractivity contribution is -0.139. The molecule has 3 N–H and O–H groups in total. The van der Waals surface area contributed by atoms with Crippen molar-refractivity contribution in [1.82, 2.24) is 0 Å². The van der Waals surface area contributed by atoms with Gasteiger partial charge in [0.05, 0.1) is 12.6 Å². The lowest BCUT2D eigenvalue weighted by Gasteiger charge is -2.13. The number of hydrogen-bond donors (Lipinski definition) is 2. The van der Waals surface area contributed by atoms with Crippen LogP contribution < -0.4 is 5.73 Å². The van der Waals surface area contributed by atoms with E-state index in [0.29, 0.717) is 0 Å². The number of hydrogen-bond acceptors (Lipinski definition) is 2. The van der Waals surface area contributed by atoms with Gasteiger partial charge in [-0.2, -0.15) is 0 Å². The summed E-state index contributed by atoms with van der Waals surface area (Å²) in [5.74, 6) is -2.97. The number of alkyl halides is 3. The number of rotatable bonds is 5. The third-order valence-corrected chi connectivity index (χ3v) is 1.43.